The van der Waals surface area contributed by atoms with Crippen LogP contribution in [-0.2, 0) is 6.54 Å². The highest BCUT2D eigenvalue weighted by atomic mass is 32.1. The third kappa shape index (κ3) is 3.57. The van der Waals surface area contributed by atoms with Gasteiger partial charge in [0.15, 0.2) is 0 Å². The van der Waals surface area contributed by atoms with Crippen molar-refractivity contribution in [1.29, 1.82) is 0 Å². The molecular weight excluding hydrogens is 270 g/mol. The van der Waals surface area contributed by atoms with Gasteiger partial charge in [-0.2, -0.15) is 0 Å². The smallest absolute Gasteiger partial charge is 0.317 e. The fourth-order valence-electron chi connectivity index (χ4n) is 1.83. The van der Waals surface area contributed by atoms with Crippen LogP contribution in [0.4, 0.5) is 10.6 Å². The number of anilines is 1. The molecule has 20 heavy (non-hydrogen) atoms. The molecule has 0 radical (unpaired) electrons. The SMILES string of the molecule is Cc1ccsc1CN(C(=O)Nc1ccccn1)C(C)C. The van der Waals surface area contributed by atoms with E-state index < -0.39 is 0 Å². The number of urea groups is 1. The molecular formula is C15H19N3OS. The monoisotopic (exact) mass is 289 g/mol. The number of aryl methyl sites for hydroxylation is 1. The maximum absolute atomic E-state index is 12.4. The summed E-state index contributed by atoms with van der Waals surface area (Å²) in [6, 6.07) is 7.55. The number of carbonyl (C=O) groups is 1. The predicted octanol–water partition coefficient (Wildman–Crippen LogP) is 3.89. The van der Waals surface area contributed by atoms with Crippen LogP contribution in [0.1, 0.15) is 24.3 Å². The zero-order valence-electron chi connectivity index (χ0n) is 12.0. The highest BCUT2D eigenvalue weighted by molar-refractivity contribution is 7.10. The van der Waals surface area contributed by atoms with Crippen molar-refractivity contribution >= 4 is 23.2 Å². The highest BCUT2D eigenvalue weighted by Crippen LogP contribution is 2.19. The Kier molecular flexibility index (Phi) is 4.74. The van der Waals surface area contributed by atoms with Gasteiger partial charge in [-0.1, -0.05) is 6.07 Å². The molecule has 106 valence electrons. The molecule has 0 aliphatic rings. The van der Waals surface area contributed by atoms with Gasteiger partial charge in [0.25, 0.3) is 0 Å². The van der Waals surface area contributed by atoms with E-state index in [4.69, 9.17) is 0 Å². The Morgan fingerprint density at radius 2 is 2.20 bits per heavy atom. The van der Waals surface area contributed by atoms with E-state index in [9.17, 15) is 4.79 Å². The number of carbonyl (C=O) groups excluding carboxylic acids is 1. The van der Waals surface area contributed by atoms with E-state index >= 15 is 0 Å². The molecule has 2 heterocycles. The summed E-state index contributed by atoms with van der Waals surface area (Å²) < 4.78 is 0. The fourth-order valence-corrected chi connectivity index (χ4v) is 2.73. The van der Waals surface area contributed by atoms with Crippen molar-refractivity contribution in [2.75, 3.05) is 5.32 Å². The van der Waals surface area contributed by atoms with E-state index in [1.165, 1.54) is 10.4 Å². The van der Waals surface area contributed by atoms with Crippen molar-refractivity contribution in [3.8, 4) is 0 Å². The minimum atomic E-state index is -0.119. The first-order chi connectivity index (χ1) is 9.58. The first-order valence-corrected chi connectivity index (χ1v) is 7.47. The molecule has 0 aliphatic carbocycles. The first kappa shape index (κ1) is 14.5. The lowest BCUT2D eigenvalue weighted by atomic mass is 10.2. The maximum Gasteiger partial charge on any atom is 0.323 e. The van der Waals surface area contributed by atoms with Gasteiger partial charge in [0.1, 0.15) is 5.82 Å². The van der Waals surface area contributed by atoms with Crippen LogP contribution < -0.4 is 5.32 Å². The number of amides is 2. The van der Waals surface area contributed by atoms with Crippen LogP contribution in [0, 0.1) is 6.92 Å². The Hall–Kier alpha value is -1.88. The quantitative estimate of drug-likeness (QED) is 0.928. The number of nitrogens with zero attached hydrogens (tertiary/aromatic N) is 2. The second kappa shape index (κ2) is 6.52. The molecule has 0 bridgehead atoms. The summed E-state index contributed by atoms with van der Waals surface area (Å²) in [4.78, 5) is 19.5. The number of hydrogen-bond acceptors (Lipinski definition) is 3. The molecule has 5 heteroatoms. The molecule has 2 rings (SSSR count). The molecule has 0 saturated heterocycles. The summed E-state index contributed by atoms with van der Waals surface area (Å²) >= 11 is 1.68. The number of hydrogen-bond donors (Lipinski definition) is 1. The second-order valence-corrected chi connectivity index (χ2v) is 5.89. The van der Waals surface area contributed by atoms with Gasteiger partial charge < -0.3 is 4.90 Å². The summed E-state index contributed by atoms with van der Waals surface area (Å²) in [5.41, 5.74) is 1.23. The summed E-state index contributed by atoms with van der Waals surface area (Å²) in [5, 5.41) is 4.89. The molecule has 0 fully saturated rings. The van der Waals surface area contributed by atoms with Crippen molar-refractivity contribution in [3.63, 3.8) is 0 Å². The van der Waals surface area contributed by atoms with E-state index in [1.54, 1.807) is 23.6 Å². The Balaban J connectivity index is 2.09. The average Bonchev–Trinajstić information content (AvgIpc) is 2.82. The maximum atomic E-state index is 12.4. The van der Waals surface area contributed by atoms with Gasteiger partial charge >= 0.3 is 6.03 Å². The molecule has 0 aromatic carbocycles. The van der Waals surface area contributed by atoms with Gasteiger partial charge in [-0.05, 0) is 49.9 Å². The third-order valence-electron chi connectivity index (χ3n) is 3.07. The van der Waals surface area contributed by atoms with Gasteiger partial charge in [0.05, 0.1) is 6.54 Å². The summed E-state index contributed by atoms with van der Waals surface area (Å²) in [6.45, 7) is 6.72. The van der Waals surface area contributed by atoms with E-state index in [0.717, 1.165) is 0 Å². The Morgan fingerprint density at radius 3 is 2.75 bits per heavy atom. The van der Waals surface area contributed by atoms with E-state index in [-0.39, 0.29) is 12.1 Å². The molecule has 0 aliphatic heterocycles. The topological polar surface area (TPSA) is 45.2 Å². The predicted molar refractivity (Wildman–Crippen MR) is 83.0 cm³/mol. The number of thiophene rings is 1. The lowest BCUT2D eigenvalue weighted by Gasteiger charge is -2.26. The van der Waals surface area contributed by atoms with Crippen LogP contribution in [0.15, 0.2) is 35.8 Å². The number of aromatic nitrogens is 1. The molecule has 0 atom stereocenters. The van der Waals surface area contributed by atoms with Gasteiger partial charge in [-0.3, -0.25) is 5.32 Å². The van der Waals surface area contributed by atoms with Crippen LogP contribution in [0.25, 0.3) is 0 Å². The molecule has 0 saturated carbocycles. The molecule has 4 nitrogen and oxygen atoms in total. The summed E-state index contributed by atoms with van der Waals surface area (Å²) in [7, 11) is 0. The zero-order chi connectivity index (χ0) is 14.5. The summed E-state index contributed by atoms with van der Waals surface area (Å²) in [6.07, 6.45) is 1.67. The normalized spacial score (nSPS) is 10.6. The number of pyridine rings is 1. The van der Waals surface area contributed by atoms with Crippen molar-refractivity contribution in [2.45, 2.75) is 33.4 Å². The fraction of sp³-hybridized carbons (Fsp3) is 0.333. The first-order valence-electron chi connectivity index (χ1n) is 6.59. The van der Waals surface area contributed by atoms with Crippen LogP contribution in [0.3, 0.4) is 0 Å². The molecule has 2 aromatic heterocycles. The Bertz CT molecular complexity index is 566. The lowest BCUT2D eigenvalue weighted by Crippen LogP contribution is -2.39. The van der Waals surface area contributed by atoms with Crippen LogP contribution in [0.5, 0.6) is 0 Å². The van der Waals surface area contributed by atoms with Crippen molar-refractivity contribution < 1.29 is 4.79 Å². The Morgan fingerprint density at radius 1 is 1.40 bits per heavy atom. The summed E-state index contributed by atoms with van der Waals surface area (Å²) in [5.74, 6) is 0.575. The molecule has 2 aromatic rings. The molecule has 0 spiro atoms. The van der Waals surface area contributed by atoms with Gasteiger partial charge in [0.2, 0.25) is 0 Å². The van der Waals surface area contributed by atoms with Gasteiger partial charge in [-0.25, -0.2) is 9.78 Å². The van der Waals surface area contributed by atoms with Gasteiger partial charge in [-0.15, -0.1) is 11.3 Å². The standard InChI is InChI=1S/C15H19N3OS/c1-11(2)18(10-13-12(3)7-9-20-13)15(19)17-14-6-4-5-8-16-14/h4-9,11H,10H2,1-3H3,(H,16,17,19). The third-order valence-corrected chi connectivity index (χ3v) is 4.07. The van der Waals surface area contributed by atoms with E-state index in [1.807, 2.05) is 30.9 Å². The van der Waals surface area contributed by atoms with Gasteiger partial charge in [0, 0.05) is 17.1 Å². The average molecular weight is 289 g/mol. The van der Waals surface area contributed by atoms with Crippen molar-refractivity contribution in [1.82, 2.24) is 9.88 Å². The zero-order valence-corrected chi connectivity index (χ0v) is 12.8. The van der Waals surface area contributed by atoms with E-state index in [2.05, 4.69) is 28.7 Å². The molecule has 0 unspecified atom stereocenters. The van der Waals surface area contributed by atoms with Crippen molar-refractivity contribution in [2.24, 2.45) is 0 Å². The minimum Gasteiger partial charge on any atom is -0.317 e. The second-order valence-electron chi connectivity index (χ2n) is 4.89. The number of rotatable bonds is 4. The number of nitrogens with one attached hydrogen (secondary N) is 1. The van der Waals surface area contributed by atoms with Crippen LogP contribution in [-0.4, -0.2) is 22.0 Å². The van der Waals surface area contributed by atoms with E-state index in [0.29, 0.717) is 12.4 Å². The molecule has 1 N–H and O–H groups in total. The highest BCUT2D eigenvalue weighted by Gasteiger charge is 2.19. The van der Waals surface area contributed by atoms with Crippen LogP contribution >= 0.6 is 11.3 Å². The molecule has 2 amide bonds. The van der Waals surface area contributed by atoms with Crippen molar-refractivity contribution in [3.05, 3.63) is 46.3 Å². The Labute approximate surface area is 123 Å². The largest absolute Gasteiger partial charge is 0.323 e. The lowest BCUT2D eigenvalue weighted by molar-refractivity contribution is 0.194. The minimum absolute atomic E-state index is 0.119. The van der Waals surface area contributed by atoms with Crippen LogP contribution in [0.2, 0.25) is 0 Å².